The number of carbonyl (C=O) groups is 1. The number of aliphatic hydroxyl groups excluding tert-OH is 1. The van der Waals surface area contributed by atoms with Gasteiger partial charge in [-0.3, -0.25) is 9.69 Å². The summed E-state index contributed by atoms with van der Waals surface area (Å²) in [6, 6.07) is 14.6. The third-order valence-corrected chi connectivity index (χ3v) is 5.58. The van der Waals surface area contributed by atoms with Crippen molar-refractivity contribution in [2.75, 3.05) is 38.7 Å². The predicted octanol–water partition coefficient (Wildman–Crippen LogP) is 3.89. The van der Waals surface area contributed by atoms with Gasteiger partial charge in [0.2, 0.25) is 5.91 Å². The summed E-state index contributed by atoms with van der Waals surface area (Å²) < 4.78 is 11.0. The van der Waals surface area contributed by atoms with Gasteiger partial charge in [0, 0.05) is 32.0 Å². The van der Waals surface area contributed by atoms with Crippen LogP contribution in [0, 0.1) is 0 Å². The Kier molecular flexibility index (Phi) is 8.51. The molecule has 0 bridgehead atoms. The topological polar surface area (TPSA) is 71.0 Å². The number of rotatable bonds is 9. The predicted molar refractivity (Wildman–Crippen MR) is 118 cm³/mol. The number of amides is 1. The molecular formula is C23H29ClN2O4. The van der Waals surface area contributed by atoms with Gasteiger partial charge in [0.05, 0.1) is 18.2 Å². The standard InChI is InChI=1S/C23H29ClN2O4/c1-29-21-9-8-18(16-20(21)24)25-23(28)22(17-6-3-2-4-7-17)26-12-10-19(11-13-26)30-15-5-14-27/h2-4,6-9,16,19,22,27H,5,10-15H2,1H3,(H,25,28)/t22-/m0/s1. The molecule has 30 heavy (non-hydrogen) atoms. The Balaban J connectivity index is 1.70. The van der Waals surface area contributed by atoms with E-state index in [0.29, 0.717) is 29.5 Å². The molecule has 1 fully saturated rings. The van der Waals surface area contributed by atoms with Gasteiger partial charge in [0.25, 0.3) is 0 Å². The first-order valence-corrected chi connectivity index (χ1v) is 10.7. The van der Waals surface area contributed by atoms with Gasteiger partial charge < -0.3 is 19.9 Å². The van der Waals surface area contributed by atoms with Crippen molar-refractivity contribution in [1.82, 2.24) is 4.90 Å². The van der Waals surface area contributed by atoms with Crippen molar-refractivity contribution in [3.8, 4) is 5.75 Å². The van der Waals surface area contributed by atoms with Crippen LogP contribution >= 0.6 is 11.6 Å². The van der Waals surface area contributed by atoms with E-state index in [9.17, 15) is 4.79 Å². The molecule has 162 valence electrons. The smallest absolute Gasteiger partial charge is 0.246 e. The first kappa shape index (κ1) is 22.6. The Morgan fingerprint density at radius 1 is 1.23 bits per heavy atom. The fourth-order valence-corrected chi connectivity index (χ4v) is 3.99. The largest absolute Gasteiger partial charge is 0.495 e. The van der Waals surface area contributed by atoms with E-state index in [1.54, 1.807) is 25.3 Å². The number of halogens is 1. The molecule has 1 atom stereocenters. The summed E-state index contributed by atoms with van der Waals surface area (Å²) in [5, 5.41) is 12.4. The molecule has 2 aromatic carbocycles. The van der Waals surface area contributed by atoms with Crippen LogP contribution in [-0.2, 0) is 9.53 Å². The van der Waals surface area contributed by atoms with Gasteiger partial charge in [0.15, 0.2) is 0 Å². The number of nitrogens with zero attached hydrogens (tertiary/aromatic N) is 1. The van der Waals surface area contributed by atoms with Gasteiger partial charge in [-0.1, -0.05) is 41.9 Å². The highest BCUT2D eigenvalue weighted by atomic mass is 35.5. The van der Waals surface area contributed by atoms with Crippen molar-refractivity contribution in [3.05, 3.63) is 59.1 Å². The Bertz CT molecular complexity index is 810. The quantitative estimate of drug-likeness (QED) is 0.588. The van der Waals surface area contributed by atoms with Crippen LogP contribution in [0.25, 0.3) is 0 Å². The molecule has 3 rings (SSSR count). The first-order valence-electron chi connectivity index (χ1n) is 10.3. The van der Waals surface area contributed by atoms with Crippen molar-refractivity contribution >= 4 is 23.2 Å². The molecule has 0 aliphatic carbocycles. The van der Waals surface area contributed by atoms with Gasteiger partial charge in [-0.15, -0.1) is 0 Å². The molecule has 0 saturated carbocycles. The lowest BCUT2D eigenvalue weighted by molar-refractivity contribution is -0.122. The molecule has 0 aromatic heterocycles. The number of aliphatic hydroxyl groups is 1. The number of hydrogen-bond donors (Lipinski definition) is 2. The van der Waals surface area contributed by atoms with Crippen molar-refractivity contribution in [2.24, 2.45) is 0 Å². The molecule has 0 spiro atoms. The summed E-state index contributed by atoms with van der Waals surface area (Å²) in [4.78, 5) is 15.5. The molecule has 2 aromatic rings. The highest BCUT2D eigenvalue weighted by molar-refractivity contribution is 6.32. The molecule has 6 nitrogen and oxygen atoms in total. The summed E-state index contributed by atoms with van der Waals surface area (Å²) in [5.74, 6) is 0.472. The number of carbonyl (C=O) groups excluding carboxylic acids is 1. The number of benzene rings is 2. The lowest BCUT2D eigenvalue weighted by atomic mass is 9.99. The van der Waals surface area contributed by atoms with Crippen LogP contribution in [-0.4, -0.2) is 55.4 Å². The Morgan fingerprint density at radius 2 is 1.97 bits per heavy atom. The van der Waals surface area contributed by atoms with Crippen LogP contribution in [0.2, 0.25) is 5.02 Å². The number of ether oxygens (including phenoxy) is 2. The number of hydrogen-bond acceptors (Lipinski definition) is 5. The average molecular weight is 433 g/mol. The minimum Gasteiger partial charge on any atom is -0.495 e. The molecule has 1 aliphatic rings. The fraction of sp³-hybridized carbons (Fsp3) is 0.435. The molecule has 0 radical (unpaired) electrons. The highest BCUT2D eigenvalue weighted by Gasteiger charge is 2.31. The second kappa shape index (κ2) is 11.3. The van der Waals surface area contributed by atoms with E-state index < -0.39 is 6.04 Å². The first-order chi connectivity index (χ1) is 14.6. The Hall–Kier alpha value is -2.12. The zero-order valence-electron chi connectivity index (χ0n) is 17.2. The average Bonchev–Trinajstić information content (AvgIpc) is 2.76. The monoisotopic (exact) mass is 432 g/mol. The van der Waals surface area contributed by atoms with Crippen molar-refractivity contribution in [2.45, 2.75) is 31.4 Å². The minimum atomic E-state index is -0.398. The third kappa shape index (κ3) is 5.95. The van der Waals surface area contributed by atoms with Gasteiger partial charge in [0.1, 0.15) is 11.8 Å². The van der Waals surface area contributed by atoms with E-state index in [1.165, 1.54) is 0 Å². The summed E-state index contributed by atoms with van der Waals surface area (Å²) in [5.41, 5.74) is 1.59. The summed E-state index contributed by atoms with van der Waals surface area (Å²) in [7, 11) is 1.56. The van der Waals surface area contributed by atoms with E-state index in [1.807, 2.05) is 30.3 Å². The maximum absolute atomic E-state index is 13.3. The molecule has 1 amide bonds. The van der Waals surface area contributed by atoms with E-state index in [0.717, 1.165) is 31.5 Å². The maximum atomic E-state index is 13.3. The van der Waals surface area contributed by atoms with Gasteiger partial charge in [-0.2, -0.15) is 0 Å². The summed E-state index contributed by atoms with van der Waals surface area (Å²) in [6.45, 7) is 2.24. The molecule has 1 saturated heterocycles. The SMILES string of the molecule is COc1ccc(NC(=O)[C@H](c2ccccc2)N2CCC(OCCCO)CC2)cc1Cl. The number of methoxy groups -OCH3 is 1. The van der Waals surface area contributed by atoms with E-state index in [2.05, 4.69) is 10.2 Å². The van der Waals surface area contributed by atoms with Crippen LogP contribution < -0.4 is 10.1 Å². The fourth-order valence-electron chi connectivity index (χ4n) is 3.73. The lowest BCUT2D eigenvalue weighted by Crippen LogP contribution is -2.43. The number of anilines is 1. The normalized spacial score (nSPS) is 16.2. The zero-order chi connectivity index (χ0) is 21.3. The van der Waals surface area contributed by atoms with Crippen LogP contribution in [0.5, 0.6) is 5.75 Å². The summed E-state index contributed by atoms with van der Waals surface area (Å²) in [6.07, 6.45) is 2.54. The van der Waals surface area contributed by atoms with Crippen LogP contribution in [0.15, 0.2) is 48.5 Å². The zero-order valence-corrected chi connectivity index (χ0v) is 18.0. The van der Waals surface area contributed by atoms with Gasteiger partial charge >= 0.3 is 0 Å². The molecule has 0 unspecified atom stereocenters. The minimum absolute atomic E-state index is 0.0953. The number of nitrogens with one attached hydrogen (secondary N) is 1. The Labute approximate surface area is 182 Å². The second-order valence-electron chi connectivity index (χ2n) is 7.34. The van der Waals surface area contributed by atoms with E-state index in [-0.39, 0.29) is 18.6 Å². The summed E-state index contributed by atoms with van der Waals surface area (Å²) >= 11 is 6.21. The Morgan fingerprint density at radius 3 is 2.60 bits per heavy atom. The molecule has 1 aliphatic heterocycles. The van der Waals surface area contributed by atoms with E-state index in [4.69, 9.17) is 26.2 Å². The van der Waals surface area contributed by atoms with Crippen LogP contribution in [0.1, 0.15) is 30.9 Å². The molecular weight excluding hydrogens is 404 g/mol. The third-order valence-electron chi connectivity index (χ3n) is 5.28. The van der Waals surface area contributed by atoms with Crippen molar-refractivity contribution in [3.63, 3.8) is 0 Å². The van der Waals surface area contributed by atoms with E-state index >= 15 is 0 Å². The molecule has 1 heterocycles. The highest BCUT2D eigenvalue weighted by Crippen LogP contribution is 2.30. The lowest BCUT2D eigenvalue weighted by Gasteiger charge is -2.37. The van der Waals surface area contributed by atoms with Crippen molar-refractivity contribution < 1.29 is 19.4 Å². The number of likely N-dealkylation sites (tertiary alicyclic amines) is 1. The van der Waals surface area contributed by atoms with Crippen LogP contribution in [0.3, 0.4) is 0 Å². The van der Waals surface area contributed by atoms with Crippen LogP contribution in [0.4, 0.5) is 5.69 Å². The maximum Gasteiger partial charge on any atom is 0.246 e. The molecule has 7 heteroatoms. The molecule has 2 N–H and O–H groups in total. The number of piperidine rings is 1. The van der Waals surface area contributed by atoms with Gasteiger partial charge in [-0.05, 0) is 43.0 Å². The van der Waals surface area contributed by atoms with Crippen molar-refractivity contribution in [1.29, 1.82) is 0 Å². The van der Waals surface area contributed by atoms with Gasteiger partial charge in [-0.25, -0.2) is 0 Å². The second-order valence-corrected chi connectivity index (χ2v) is 7.74.